The van der Waals surface area contributed by atoms with Gasteiger partial charge in [0.2, 0.25) is 0 Å². The number of hydrogen-bond acceptors (Lipinski definition) is 4. The molecule has 5 rings (SSSR count). The molecule has 2 aromatic heterocycles. The van der Waals surface area contributed by atoms with Crippen LogP contribution in [0.1, 0.15) is 27.0 Å². The lowest BCUT2D eigenvalue weighted by Crippen LogP contribution is -2.30. The van der Waals surface area contributed by atoms with E-state index in [0.29, 0.717) is 17.2 Å². The number of hydrogen-bond donors (Lipinski definition) is 0. The third-order valence-corrected chi connectivity index (χ3v) is 6.62. The van der Waals surface area contributed by atoms with Crippen LogP contribution in [0.4, 0.5) is 5.13 Å². The average molecular weight is 450 g/mol. The van der Waals surface area contributed by atoms with E-state index >= 15 is 0 Å². The van der Waals surface area contributed by atoms with Gasteiger partial charge in [0.1, 0.15) is 0 Å². The molecule has 0 bridgehead atoms. The second-order valence-corrected chi connectivity index (χ2v) is 9.13. The Hall–Kier alpha value is -3.83. The lowest BCUT2D eigenvalue weighted by Gasteiger charge is -2.20. The number of pyridine rings is 1. The lowest BCUT2D eigenvalue weighted by molar-refractivity contribution is 0.0985. The SMILES string of the molecule is Cc1cc(C)c2nc(N(Cc3cccnc3)C(=O)c3ccc(-c4ccccc4)cc3)sc2c1. The Labute approximate surface area is 197 Å². The van der Waals surface area contributed by atoms with Crippen LogP contribution in [0.15, 0.2) is 91.3 Å². The summed E-state index contributed by atoms with van der Waals surface area (Å²) < 4.78 is 1.09. The molecule has 0 aliphatic rings. The Balaban J connectivity index is 1.53. The van der Waals surface area contributed by atoms with Gasteiger partial charge in [-0.3, -0.25) is 14.7 Å². The van der Waals surface area contributed by atoms with Crippen LogP contribution in [0.5, 0.6) is 0 Å². The second kappa shape index (κ2) is 8.96. The van der Waals surface area contributed by atoms with Gasteiger partial charge < -0.3 is 0 Å². The van der Waals surface area contributed by atoms with Crippen molar-refractivity contribution in [1.29, 1.82) is 0 Å². The lowest BCUT2D eigenvalue weighted by atomic mass is 10.0. The van der Waals surface area contributed by atoms with Crippen LogP contribution in [-0.2, 0) is 6.54 Å². The highest BCUT2D eigenvalue weighted by atomic mass is 32.1. The standard InChI is InChI=1S/C28H23N3OS/c1-19-15-20(2)26-25(16-19)33-28(30-26)31(18-21-7-6-14-29-17-21)27(32)24-12-10-23(11-13-24)22-8-4-3-5-9-22/h3-17H,18H2,1-2H3. The highest BCUT2D eigenvalue weighted by molar-refractivity contribution is 7.22. The minimum atomic E-state index is -0.0769. The van der Waals surface area contributed by atoms with Gasteiger partial charge in [-0.15, -0.1) is 0 Å². The molecule has 0 saturated carbocycles. The van der Waals surface area contributed by atoms with Crippen molar-refractivity contribution in [2.24, 2.45) is 0 Å². The van der Waals surface area contributed by atoms with E-state index in [1.165, 1.54) is 5.56 Å². The number of anilines is 1. The van der Waals surface area contributed by atoms with E-state index in [2.05, 4.69) is 43.1 Å². The fourth-order valence-electron chi connectivity index (χ4n) is 3.97. The van der Waals surface area contributed by atoms with Gasteiger partial charge in [-0.05, 0) is 65.9 Å². The van der Waals surface area contributed by atoms with E-state index in [0.717, 1.165) is 32.5 Å². The van der Waals surface area contributed by atoms with Gasteiger partial charge in [0.05, 0.1) is 16.8 Å². The Morgan fingerprint density at radius 1 is 0.909 bits per heavy atom. The molecule has 2 heterocycles. The summed E-state index contributed by atoms with van der Waals surface area (Å²) in [6.45, 7) is 4.55. The minimum Gasteiger partial charge on any atom is -0.279 e. The first-order valence-electron chi connectivity index (χ1n) is 10.8. The monoisotopic (exact) mass is 449 g/mol. The van der Waals surface area contributed by atoms with Crippen molar-refractivity contribution in [3.63, 3.8) is 0 Å². The topological polar surface area (TPSA) is 46.1 Å². The summed E-state index contributed by atoms with van der Waals surface area (Å²) in [7, 11) is 0. The first-order valence-corrected chi connectivity index (χ1v) is 11.6. The van der Waals surface area contributed by atoms with Gasteiger partial charge in [0, 0.05) is 18.0 Å². The smallest absolute Gasteiger partial charge is 0.260 e. The minimum absolute atomic E-state index is 0.0769. The van der Waals surface area contributed by atoms with Crippen molar-refractivity contribution < 1.29 is 4.79 Å². The molecule has 33 heavy (non-hydrogen) atoms. The first kappa shape index (κ1) is 21.0. The van der Waals surface area contributed by atoms with Crippen LogP contribution >= 0.6 is 11.3 Å². The molecule has 162 valence electrons. The number of rotatable bonds is 5. The Morgan fingerprint density at radius 2 is 1.67 bits per heavy atom. The molecule has 5 aromatic rings. The predicted octanol–water partition coefficient (Wildman–Crippen LogP) is 6.82. The van der Waals surface area contributed by atoms with Gasteiger partial charge in [-0.2, -0.15) is 0 Å². The summed E-state index contributed by atoms with van der Waals surface area (Å²) in [5.41, 5.74) is 7.05. The summed E-state index contributed by atoms with van der Waals surface area (Å²) >= 11 is 1.55. The van der Waals surface area contributed by atoms with Crippen molar-refractivity contribution in [2.75, 3.05) is 4.90 Å². The van der Waals surface area contributed by atoms with Gasteiger partial charge >= 0.3 is 0 Å². The number of benzene rings is 3. The van der Waals surface area contributed by atoms with Gasteiger partial charge in [-0.25, -0.2) is 4.98 Å². The maximum atomic E-state index is 13.7. The van der Waals surface area contributed by atoms with E-state index < -0.39 is 0 Å². The van der Waals surface area contributed by atoms with Crippen LogP contribution in [0.25, 0.3) is 21.3 Å². The number of fused-ring (bicyclic) bond motifs is 1. The number of nitrogens with zero attached hydrogens (tertiary/aromatic N) is 3. The zero-order valence-electron chi connectivity index (χ0n) is 18.5. The third kappa shape index (κ3) is 4.41. The molecule has 0 N–H and O–H groups in total. The molecular formula is C28H23N3OS. The molecule has 0 saturated heterocycles. The van der Waals surface area contributed by atoms with E-state index in [1.807, 2.05) is 54.6 Å². The van der Waals surface area contributed by atoms with Crippen LogP contribution in [0, 0.1) is 13.8 Å². The number of carbonyl (C=O) groups excluding carboxylic acids is 1. The quantitative estimate of drug-likeness (QED) is 0.296. The maximum Gasteiger partial charge on any atom is 0.260 e. The number of aryl methyl sites for hydroxylation is 2. The number of carbonyl (C=O) groups is 1. The highest BCUT2D eigenvalue weighted by Gasteiger charge is 2.22. The Morgan fingerprint density at radius 3 is 2.39 bits per heavy atom. The van der Waals surface area contributed by atoms with Gasteiger partial charge in [0.25, 0.3) is 5.91 Å². The Kier molecular flexibility index (Phi) is 5.71. The van der Waals surface area contributed by atoms with Crippen LogP contribution < -0.4 is 4.90 Å². The van der Waals surface area contributed by atoms with Gasteiger partial charge in [-0.1, -0.05) is 65.9 Å². The molecular weight excluding hydrogens is 426 g/mol. The van der Waals surface area contributed by atoms with Gasteiger partial charge in [0.15, 0.2) is 5.13 Å². The van der Waals surface area contributed by atoms with E-state index in [4.69, 9.17) is 4.98 Å². The number of thiazole rings is 1. The molecule has 5 heteroatoms. The molecule has 0 radical (unpaired) electrons. The average Bonchev–Trinajstić information content (AvgIpc) is 3.27. The molecule has 1 amide bonds. The Bertz CT molecular complexity index is 1410. The van der Waals surface area contributed by atoms with Crippen molar-refractivity contribution in [2.45, 2.75) is 20.4 Å². The zero-order chi connectivity index (χ0) is 22.8. The molecule has 0 aliphatic heterocycles. The van der Waals surface area contributed by atoms with E-state index in [9.17, 15) is 4.79 Å². The van der Waals surface area contributed by atoms with Crippen molar-refractivity contribution in [1.82, 2.24) is 9.97 Å². The van der Waals surface area contributed by atoms with Crippen molar-refractivity contribution >= 4 is 32.6 Å². The molecule has 0 unspecified atom stereocenters. The molecule has 3 aromatic carbocycles. The van der Waals surface area contributed by atoms with Crippen LogP contribution in [-0.4, -0.2) is 15.9 Å². The normalized spacial score (nSPS) is 11.0. The van der Waals surface area contributed by atoms with Crippen molar-refractivity contribution in [3.8, 4) is 11.1 Å². The zero-order valence-corrected chi connectivity index (χ0v) is 19.3. The van der Waals surface area contributed by atoms with Crippen LogP contribution in [0.3, 0.4) is 0 Å². The fraction of sp³-hybridized carbons (Fsp3) is 0.107. The summed E-state index contributed by atoms with van der Waals surface area (Å²) in [6, 6.07) is 26.1. The molecule has 0 atom stereocenters. The molecule has 0 aliphatic carbocycles. The molecule has 0 spiro atoms. The van der Waals surface area contributed by atoms with Crippen molar-refractivity contribution in [3.05, 3.63) is 114 Å². The summed E-state index contributed by atoms with van der Waals surface area (Å²) in [4.78, 5) is 24.5. The summed E-state index contributed by atoms with van der Waals surface area (Å²) in [5.74, 6) is -0.0769. The fourth-order valence-corrected chi connectivity index (χ4v) is 5.11. The second-order valence-electron chi connectivity index (χ2n) is 8.12. The van der Waals surface area contributed by atoms with Crippen LogP contribution in [0.2, 0.25) is 0 Å². The largest absolute Gasteiger partial charge is 0.279 e. The highest BCUT2D eigenvalue weighted by Crippen LogP contribution is 2.33. The first-order chi connectivity index (χ1) is 16.1. The maximum absolute atomic E-state index is 13.7. The molecule has 0 fully saturated rings. The predicted molar refractivity (Wildman–Crippen MR) is 136 cm³/mol. The molecule has 4 nitrogen and oxygen atoms in total. The number of aromatic nitrogens is 2. The van der Waals surface area contributed by atoms with E-state index in [1.54, 1.807) is 28.6 Å². The summed E-state index contributed by atoms with van der Waals surface area (Å²) in [6.07, 6.45) is 3.53. The number of amides is 1. The summed E-state index contributed by atoms with van der Waals surface area (Å²) in [5, 5.41) is 0.694. The van der Waals surface area contributed by atoms with E-state index in [-0.39, 0.29) is 5.91 Å². The third-order valence-electron chi connectivity index (χ3n) is 5.60.